The van der Waals surface area contributed by atoms with Gasteiger partial charge in [-0.1, -0.05) is 20.8 Å². The maximum absolute atomic E-state index is 6.05. The molecule has 1 saturated heterocycles. The average Bonchev–Trinajstić information content (AvgIpc) is 2.87. The third-order valence-electron chi connectivity index (χ3n) is 3.48. The summed E-state index contributed by atoms with van der Waals surface area (Å²) in [6.07, 6.45) is 1.07. The van der Waals surface area contributed by atoms with Gasteiger partial charge in [0.25, 0.3) is 0 Å². The standard InChI is InChI=1S/C15H26N4OS/c1-11-9-19(7-8-20-11)14(16)17-6-5-13-18-12(10-21-13)15(2,3)4/h10-11H,5-9H2,1-4H3,(H2,16,17). The van der Waals surface area contributed by atoms with Gasteiger partial charge in [-0.15, -0.1) is 11.3 Å². The largest absolute Gasteiger partial charge is 0.375 e. The van der Waals surface area contributed by atoms with E-state index in [9.17, 15) is 0 Å². The molecule has 2 rings (SSSR count). The molecule has 1 aromatic heterocycles. The zero-order valence-electron chi connectivity index (χ0n) is 13.4. The second-order valence-corrected chi connectivity index (χ2v) is 7.44. The predicted octanol–water partition coefficient (Wildman–Crippen LogP) is 2.02. The lowest BCUT2D eigenvalue weighted by Gasteiger charge is -2.31. The number of ether oxygens (including phenoxy) is 1. The van der Waals surface area contributed by atoms with Gasteiger partial charge in [0, 0.05) is 36.9 Å². The number of hydrogen-bond donors (Lipinski definition) is 1. The summed E-state index contributed by atoms with van der Waals surface area (Å²) >= 11 is 1.71. The molecule has 0 saturated carbocycles. The molecule has 1 aliphatic rings. The van der Waals surface area contributed by atoms with E-state index in [1.165, 1.54) is 0 Å². The van der Waals surface area contributed by atoms with Crippen LogP contribution in [0.4, 0.5) is 0 Å². The molecule has 21 heavy (non-hydrogen) atoms. The number of aliphatic imine (C=N–C) groups is 1. The van der Waals surface area contributed by atoms with Gasteiger partial charge in [-0.3, -0.25) is 4.99 Å². The highest BCUT2D eigenvalue weighted by atomic mass is 32.1. The Labute approximate surface area is 131 Å². The zero-order chi connectivity index (χ0) is 15.5. The van der Waals surface area contributed by atoms with Crippen LogP contribution in [0.1, 0.15) is 38.4 Å². The molecule has 2 N–H and O–H groups in total. The number of guanidine groups is 1. The van der Waals surface area contributed by atoms with Crippen LogP contribution in [0.15, 0.2) is 10.4 Å². The molecule has 118 valence electrons. The summed E-state index contributed by atoms with van der Waals surface area (Å²) in [6, 6.07) is 0. The van der Waals surface area contributed by atoms with Crippen LogP contribution in [0.25, 0.3) is 0 Å². The Bertz CT molecular complexity index is 492. The van der Waals surface area contributed by atoms with E-state index in [-0.39, 0.29) is 11.5 Å². The first kappa shape index (κ1) is 16.2. The van der Waals surface area contributed by atoms with E-state index in [2.05, 4.69) is 48.0 Å². The van der Waals surface area contributed by atoms with Gasteiger partial charge < -0.3 is 15.4 Å². The first-order valence-electron chi connectivity index (χ1n) is 7.47. The number of nitrogens with zero attached hydrogens (tertiary/aromatic N) is 3. The molecular formula is C15H26N4OS. The molecule has 0 amide bonds. The number of nitrogens with two attached hydrogens (primary N) is 1. The molecule has 0 aliphatic carbocycles. The Balaban J connectivity index is 1.85. The van der Waals surface area contributed by atoms with Crippen molar-refractivity contribution in [1.82, 2.24) is 9.88 Å². The van der Waals surface area contributed by atoms with Gasteiger partial charge in [0.15, 0.2) is 5.96 Å². The molecule has 1 aliphatic heterocycles. The van der Waals surface area contributed by atoms with Crippen molar-refractivity contribution < 1.29 is 4.74 Å². The molecule has 5 nitrogen and oxygen atoms in total. The number of hydrogen-bond acceptors (Lipinski definition) is 4. The molecule has 1 atom stereocenters. The summed E-state index contributed by atoms with van der Waals surface area (Å²) in [5.74, 6) is 0.623. The molecule has 0 bridgehead atoms. The van der Waals surface area contributed by atoms with Gasteiger partial charge >= 0.3 is 0 Å². The van der Waals surface area contributed by atoms with Crippen LogP contribution in [0.5, 0.6) is 0 Å². The Morgan fingerprint density at radius 3 is 2.95 bits per heavy atom. The van der Waals surface area contributed by atoms with Crippen molar-refractivity contribution in [3.63, 3.8) is 0 Å². The van der Waals surface area contributed by atoms with Gasteiger partial charge in [0.2, 0.25) is 0 Å². The van der Waals surface area contributed by atoms with Crippen molar-refractivity contribution in [3.05, 3.63) is 16.1 Å². The molecular weight excluding hydrogens is 284 g/mol. The minimum Gasteiger partial charge on any atom is -0.375 e. The number of aromatic nitrogens is 1. The van der Waals surface area contributed by atoms with Crippen molar-refractivity contribution in [2.24, 2.45) is 10.7 Å². The van der Waals surface area contributed by atoms with Gasteiger partial charge in [-0.2, -0.15) is 0 Å². The van der Waals surface area contributed by atoms with Crippen molar-refractivity contribution in [1.29, 1.82) is 0 Å². The highest BCUT2D eigenvalue weighted by Gasteiger charge is 2.18. The minimum atomic E-state index is 0.112. The molecule has 1 fully saturated rings. The second kappa shape index (κ2) is 6.75. The quantitative estimate of drug-likeness (QED) is 0.685. The van der Waals surface area contributed by atoms with Crippen LogP contribution < -0.4 is 5.73 Å². The van der Waals surface area contributed by atoms with E-state index >= 15 is 0 Å². The fourth-order valence-corrected chi connectivity index (χ4v) is 3.18. The van der Waals surface area contributed by atoms with Crippen LogP contribution >= 0.6 is 11.3 Å². The maximum atomic E-state index is 6.05. The molecule has 6 heteroatoms. The molecule has 0 aromatic carbocycles. The number of thiazole rings is 1. The van der Waals surface area contributed by atoms with Crippen molar-refractivity contribution in [2.45, 2.75) is 45.6 Å². The first-order chi connectivity index (χ1) is 9.86. The summed E-state index contributed by atoms with van der Waals surface area (Å²) in [4.78, 5) is 11.3. The molecule has 0 radical (unpaired) electrons. The summed E-state index contributed by atoms with van der Waals surface area (Å²) < 4.78 is 5.51. The van der Waals surface area contributed by atoms with Gasteiger partial charge in [-0.25, -0.2) is 4.98 Å². The van der Waals surface area contributed by atoms with E-state index in [1.807, 2.05) is 0 Å². The minimum absolute atomic E-state index is 0.112. The van der Waals surface area contributed by atoms with Crippen LogP contribution in [0, 0.1) is 0 Å². The Morgan fingerprint density at radius 2 is 2.33 bits per heavy atom. The van der Waals surface area contributed by atoms with Crippen LogP contribution in [0.3, 0.4) is 0 Å². The summed E-state index contributed by atoms with van der Waals surface area (Å²) in [5.41, 5.74) is 7.32. The monoisotopic (exact) mass is 310 g/mol. The molecule has 0 spiro atoms. The SMILES string of the molecule is CC1CN(C(N)=NCCc2nc(C(C)(C)C)cs2)CCO1. The second-order valence-electron chi connectivity index (χ2n) is 6.49. The zero-order valence-corrected chi connectivity index (χ0v) is 14.2. The summed E-state index contributed by atoms with van der Waals surface area (Å²) in [6.45, 7) is 11.7. The van der Waals surface area contributed by atoms with E-state index in [0.717, 1.165) is 36.8 Å². The maximum Gasteiger partial charge on any atom is 0.191 e. The van der Waals surface area contributed by atoms with Crippen LogP contribution in [-0.4, -0.2) is 48.2 Å². The fraction of sp³-hybridized carbons (Fsp3) is 0.733. The topological polar surface area (TPSA) is 63.7 Å². The van der Waals surface area contributed by atoms with Crippen LogP contribution in [0.2, 0.25) is 0 Å². The molecule has 1 unspecified atom stereocenters. The lowest BCUT2D eigenvalue weighted by molar-refractivity contribution is 0.00530. The van der Waals surface area contributed by atoms with Crippen LogP contribution in [-0.2, 0) is 16.6 Å². The van der Waals surface area contributed by atoms with Gasteiger partial charge in [-0.05, 0) is 6.92 Å². The van der Waals surface area contributed by atoms with Crippen molar-refractivity contribution >= 4 is 17.3 Å². The van der Waals surface area contributed by atoms with Crippen molar-refractivity contribution in [3.8, 4) is 0 Å². The number of rotatable bonds is 3. The predicted molar refractivity (Wildman–Crippen MR) is 88.0 cm³/mol. The van der Waals surface area contributed by atoms with E-state index in [1.54, 1.807) is 11.3 Å². The van der Waals surface area contributed by atoms with E-state index in [4.69, 9.17) is 10.5 Å². The third kappa shape index (κ3) is 4.68. The molecule has 1 aromatic rings. The van der Waals surface area contributed by atoms with Gasteiger partial charge in [0.05, 0.1) is 23.4 Å². The van der Waals surface area contributed by atoms with E-state index in [0.29, 0.717) is 12.5 Å². The Morgan fingerprint density at radius 1 is 1.57 bits per heavy atom. The smallest absolute Gasteiger partial charge is 0.191 e. The summed E-state index contributed by atoms with van der Waals surface area (Å²) in [5, 5.41) is 3.28. The summed E-state index contributed by atoms with van der Waals surface area (Å²) in [7, 11) is 0. The number of morpholine rings is 1. The normalized spacial score (nSPS) is 20.9. The average molecular weight is 310 g/mol. The Hall–Kier alpha value is -1.14. The highest BCUT2D eigenvalue weighted by Crippen LogP contribution is 2.24. The molecule has 2 heterocycles. The highest BCUT2D eigenvalue weighted by molar-refractivity contribution is 7.09. The van der Waals surface area contributed by atoms with Gasteiger partial charge in [0.1, 0.15) is 0 Å². The Kier molecular flexibility index (Phi) is 5.22. The fourth-order valence-electron chi connectivity index (χ4n) is 2.16. The van der Waals surface area contributed by atoms with Crippen molar-refractivity contribution in [2.75, 3.05) is 26.2 Å². The van der Waals surface area contributed by atoms with E-state index < -0.39 is 0 Å². The lowest BCUT2D eigenvalue weighted by atomic mass is 9.93. The first-order valence-corrected chi connectivity index (χ1v) is 8.35. The lowest BCUT2D eigenvalue weighted by Crippen LogP contribution is -2.47. The third-order valence-corrected chi connectivity index (χ3v) is 4.39.